The van der Waals surface area contributed by atoms with Crippen LogP contribution in [0.15, 0.2) is 0 Å². The highest BCUT2D eigenvalue weighted by atomic mass is 16.7. The molecule has 0 aromatic rings. The largest absolute Gasteiger partial charge is 0.376 e. The van der Waals surface area contributed by atoms with E-state index in [2.05, 4.69) is 13.8 Å². The zero-order valence-corrected chi connectivity index (χ0v) is 8.24. The SMILES string of the molecule is CC[C@H]1O[C@H](OC)C(OC)[C@H]1C. The molecule has 0 amide bonds. The molecule has 4 atom stereocenters. The number of methoxy groups -OCH3 is 2. The zero-order valence-electron chi connectivity index (χ0n) is 8.24. The van der Waals surface area contributed by atoms with Gasteiger partial charge in [0.1, 0.15) is 6.10 Å². The van der Waals surface area contributed by atoms with Gasteiger partial charge in [0.05, 0.1) is 6.10 Å². The molecule has 0 saturated carbocycles. The van der Waals surface area contributed by atoms with Gasteiger partial charge in [-0.25, -0.2) is 0 Å². The van der Waals surface area contributed by atoms with E-state index in [1.54, 1.807) is 14.2 Å². The van der Waals surface area contributed by atoms with Gasteiger partial charge in [0.15, 0.2) is 6.29 Å². The van der Waals surface area contributed by atoms with Gasteiger partial charge in [-0.15, -0.1) is 0 Å². The van der Waals surface area contributed by atoms with Crippen LogP contribution in [0.4, 0.5) is 0 Å². The molecule has 12 heavy (non-hydrogen) atoms. The minimum Gasteiger partial charge on any atom is -0.376 e. The molecule has 0 aromatic carbocycles. The van der Waals surface area contributed by atoms with Crippen molar-refractivity contribution in [2.24, 2.45) is 5.92 Å². The van der Waals surface area contributed by atoms with E-state index in [0.29, 0.717) is 5.92 Å². The van der Waals surface area contributed by atoms with Crippen LogP contribution in [0.3, 0.4) is 0 Å². The molecule has 1 heterocycles. The van der Waals surface area contributed by atoms with Gasteiger partial charge in [0.25, 0.3) is 0 Å². The Morgan fingerprint density at radius 1 is 1.25 bits per heavy atom. The van der Waals surface area contributed by atoms with Gasteiger partial charge in [-0.05, 0) is 6.42 Å². The summed E-state index contributed by atoms with van der Waals surface area (Å²) in [6.07, 6.45) is 1.19. The summed E-state index contributed by atoms with van der Waals surface area (Å²) < 4.78 is 16.1. The lowest BCUT2D eigenvalue weighted by Gasteiger charge is -2.17. The highest BCUT2D eigenvalue weighted by molar-refractivity contribution is 4.83. The van der Waals surface area contributed by atoms with E-state index < -0.39 is 0 Å². The lowest BCUT2D eigenvalue weighted by Crippen LogP contribution is -2.29. The van der Waals surface area contributed by atoms with Crippen LogP contribution in [0, 0.1) is 5.92 Å². The molecule has 0 N–H and O–H groups in total. The highest BCUT2D eigenvalue weighted by Gasteiger charge is 2.41. The minimum atomic E-state index is -0.185. The molecule has 1 rings (SSSR count). The summed E-state index contributed by atoms with van der Waals surface area (Å²) in [5.74, 6) is 0.421. The van der Waals surface area contributed by atoms with Crippen LogP contribution >= 0.6 is 0 Å². The lowest BCUT2D eigenvalue weighted by atomic mass is 9.99. The Kier molecular flexibility index (Phi) is 3.50. The Hall–Kier alpha value is -0.120. The van der Waals surface area contributed by atoms with E-state index in [0.717, 1.165) is 6.42 Å². The van der Waals surface area contributed by atoms with Crippen LogP contribution in [-0.2, 0) is 14.2 Å². The smallest absolute Gasteiger partial charge is 0.184 e. The second kappa shape index (κ2) is 4.21. The summed E-state index contributed by atoms with van der Waals surface area (Å²) in [5.41, 5.74) is 0. The van der Waals surface area contributed by atoms with Crippen molar-refractivity contribution in [2.45, 2.75) is 38.8 Å². The molecule has 1 saturated heterocycles. The number of rotatable bonds is 3. The topological polar surface area (TPSA) is 27.7 Å². The predicted octanol–water partition coefficient (Wildman–Crippen LogP) is 1.42. The first-order valence-corrected chi connectivity index (χ1v) is 4.45. The fourth-order valence-corrected chi connectivity index (χ4v) is 1.82. The molecule has 1 unspecified atom stereocenters. The van der Waals surface area contributed by atoms with Gasteiger partial charge in [-0.2, -0.15) is 0 Å². The average molecular weight is 174 g/mol. The van der Waals surface area contributed by atoms with Crippen LogP contribution in [0.25, 0.3) is 0 Å². The normalized spacial score (nSPS) is 42.0. The molecule has 0 aromatic heterocycles. The van der Waals surface area contributed by atoms with E-state index in [-0.39, 0.29) is 18.5 Å². The van der Waals surface area contributed by atoms with Crippen LogP contribution in [-0.4, -0.2) is 32.7 Å². The van der Waals surface area contributed by atoms with Crippen molar-refractivity contribution in [1.82, 2.24) is 0 Å². The summed E-state index contributed by atoms with van der Waals surface area (Å²) in [7, 11) is 3.36. The maximum atomic E-state index is 5.63. The predicted molar refractivity (Wildman–Crippen MR) is 45.9 cm³/mol. The first kappa shape index (κ1) is 9.96. The van der Waals surface area contributed by atoms with Crippen molar-refractivity contribution in [3.05, 3.63) is 0 Å². The first-order chi connectivity index (χ1) is 5.74. The maximum absolute atomic E-state index is 5.63. The molecule has 1 aliphatic heterocycles. The van der Waals surface area contributed by atoms with Gasteiger partial charge >= 0.3 is 0 Å². The summed E-state index contributed by atoms with van der Waals surface area (Å²) in [4.78, 5) is 0. The van der Waals surface area contributed by atoms with Gasteiger partial charge in [-0.3, -0.25) is 0 Å². The summed E-state index contributed by atoms with van der Waals surface area (Å²) >= 11 is 0. The van der Waals surface area contributed by atoms with E-state index in [9.17, 15) is 0 Å². The second-order valence-corrected chi connectivity index (χ2v) is 3.25. The van der Waals surface area contributed by atoms with Crippen molar-refractivity contribution in [1.29, 1.82) is 0 Å². The van der Waals surface area contributed by atoms with Crippen molar-refractivity contribution in [3.63, 3.8) is 0 Å². The molecule has 0 radical (unpaired) electrons. The van der Waals surface area contributed by atoms with Gasteiger partial charge in [0.2, 0.25) is 0 Å². The molecule has 3 nitrogen and oxygen atoms in total. The number of ether oxygens (including phenoxy) is 3. The van der Waals surface area contributed by atoms with Gasteiger partial charge in [-0.1, -0.05) is 13.8 Å². The van der Waals surface area contributed by atoms with Crippen molar-refractivity contribution >= 4 is 0 Å². The quantitative estimate of drug-likeness (QED) is 0.647. The minimum absolute atomic E-state index is 0.0833. The number of hydrogen-bond donors (Lipinski definition) is 0. The second-order valence-electron chi connectivity index (χ2n) is 3.25. The highest BCUT2D eigenvalue weighted by Crippen LogP contribution is 2.30. The van der Waals surface area contributed by atoms with Crippen LogP contribution in [0.2, 0.25) is 0 Å². The molecule has 0 aliphatic carbocycles. The van der Waals surface area contributed by atoms with Crippen molar-refractivity contribution in [2.75, 3.05) is 14.2 Å². The lowest BCUT2D eigenvalue weighted by molar-refractivity contribution is -0.155. The summed E-state index contributed by atoms with van der Waals surface area (Å²) in [6.45, 7) is 4.26. The van der Waals surface area contributed by atoms with Crippen LogP contribution in [0.1, 0.15) is 20.3 Å². The van der Waals surface area contributed by atoms with Gasteiger partial charge in [0, 0.05) is 20.1 Å². The summed E-state index contributed by atoms with van der Waals surface area (Å²) in [5, 5.41) is 0. The Bertz CT molecular complexity index is 136. The summed E-state index contributed by atoms with van der Waals surface area (Å²) in [6, 6.07) is 0. The number of hydrogen-bond acceptors (Lipinski definition) is 3. The van der Waals surface area contributed by atoms with E-state index in [1.165, 1.54) is 0 Å². The monoisotopic (exact) mass is 174 g/mol. The fraction of sp³-hybridized carbons (Fsp3) is 1.00. The molecule has 0 spiro atoms. The Morgan fingerprint density at radius 2 is 1.92 bits per heavy atom. The van der Waals surface area contributed by atoms with E-state index >= 15 is 0 Å². The standard InChI is InChI=1S/C9H18O3/c1-5-7-6(2)8(10-3)9(11-4)12-7/h6-9H,5H2,1-4H3/t6-,7+,8?,9-/m0/s1. The maximum Gasteiger partial charge on any atom is 0.184 e. The molecule has 0 bridgehead atoms. The Labute approximate surface area is 74.0 Å². The average Bonchev–Trinajstić information content (AvgIpc) is 2.41. The third-order valence-corrected chi connectivity index (χ3v) is 2.59. The van der Waals surface area contributed by atoms with Crippen molar-refractivity contribution in [3.8, 4) is 0 Å². The molecule has 1 aliphatic rings. The zero-order chi connectivity index (χ0) is 9.14. The van der Waals surface area contributed by atoms with Gasteiger partial charge < -0.3 is 14.2 Å². The molecular weight excluding hydrogens is 156 g/mol. The van der Waals surface area contributed by atoms with Crippen molar-refractivity contribution < 1.29 is 14.2 Å². The van der Waals surface area contributed by atoms with E-state index in [1.807, 2.05) is 0 Å². The van der Waals surface area contributed by atoms with Crippen LogP contribution < -0.4 is 0 Å². The molecule has 1 fully saturated rings. The third-order valence-electron chi connectivity index (χ3n) is 2.59. The molecular formula is C9H18O3. The fourth-order valence-electron chi connectivity index (χ4n) is 1.82. The molecule has 3 heteroatoms. The molecule has 72 valence electrons. The third kappa shape index (κ3) is 1.63. The Balaban J connectivity index is 2.58. The Morgan fingerprint density at radius 3 is 2.25 bits per heavy atom. The first-order valence-electron chi connectivity index (χ1n) is 4.45. The van der Waals surface area contributed by atoms with Crippen LogP contribution in [0.5, 0.6) is 0 Å². The van der Waals surface area contributed by atoms with E-state index in [4.69, 9.17) is 14.2 Å².